The standard InChI is InChI=1S/C13H18O4/c1-5-16-11(14)13(12(15)17-6-2)7-9(3)10(4)8-13/h3-8H2,1-2H3. The number of carbonyl (C=O) groups excluding carboxylic acids is 2. The fourth-order valence-corrected chi connectivity index (χ4v) is 1.95. The van der Waals surface area contributed by atoms with Gasteiger partial charge in [-0.2, -0.15) is 0 Å². The third kappa shape index (κ3) is 2.40. The molecule has 0 atom stereocenters. The maximum atomic E-state index is 12.0. The van der Waals surface area contributed by atoms with E-state index in [1.165, 1.54) is 0 Å². The lowest BCUT2D eigenvalue weighted by molar-refractivity contribution is -0.171. The molecule has 0 aromatic heterocycles. The topological polar surface area (TPSA) is 52.6 Å². The van der Waals surface area contributed by atoms with Crippen LogP contribution in [0.5, 0.6) is 0 Å². The first-order chi connectivity index (χ1) is 7.97. The molecule has 0 unspecified atom stereocenters. The largest absolute Gasteiger partial charge is 0.465 e. The van der Waals surface area contributed by atoms with Crippen molar-refractivity contribution in [3.8, 4) is 0 Å². The van der Waals surface area contributed by atoms with Crippen LogP contribution in [0.3, 0.4) is 0 Å². The third-order valence-corrected chi connectivity index (χ3v) is 2.86. The number of hydrogen-bond acceptors (Lipinski definition) is 4. The second-order valence-electron chi connectivity index (χ2n) is 4.08. The predicted molar refractivity (Wildman–Crippen MR) is 63.2 cm³/mol. The summed E-state index contributed by atoms with van der Waals surface area (Å²) in [5.74, 6) is -1.09. The number of carbonyl (C=O) groups is 2. The summed E-state index contributed by atoms with van der Waals surface area (Å²) in [6, 6.07) is 0. The van der Waals surface area contributed by atoms with Crippen LogP contribution >= 0.6 is 0 Å². The van der Waals surface area contributed by atoms with E-state index in [1.54, 1.807) is 13.8 Å². The van der Waals surface area contributed by atoms with Crippen LogP contribution in [0.4, 0.5) is 0 Å². The average molecular weight is 238 g/mol. The van der Waals surface area contributed by atoms with E-state index in [2.05, 4.69) is 13.2 Å². The Morgan fingerprint density at radius 1 is 1.06 bits per heavy atom. The highest BCUT2D eigenvalue weighted by Crippen LogP contribution is 2.45. The summed E-state index contributed by atoms with van der Waals surface area (Å²) in [6.07, 6.45) is 0.479. The van der Waals surface area contributed by atoms with Crippen LogP contribution in [0.15, 0.2) is 24.3 Å². The molecule has 0 aromatic carbocycles. The first kappa shape index (κ1) is 13.5. The Balaban J connectivity index is 3.02. The maximum Gasteiger partial charge on any atom is 0.324 e. The van der Waals surface area contributed by atoms with Gasteiger partial charge in [0.1, 0.15) is 0 Å². The zero-order chi connectivity index (χ0) is 13.1. The maximum absolute atomic E-state index is 12.0. The van der Waals surface area contributed by atoms with Crippen LogP contribution in [0.1, 0.15) is 26.7 Å². The van der Waals surface area contributed by atoms with Gasteiger partial charge >= 0.3 is 11.9 Å². The van der Waals surface area contributed by atoms with E-state index in [-0.39, 0.29) is 26.1 Å². The number of rotatable bonds is 4. The van der Waals surface area contributed by atoms with Gasteiger partial charge in [-0.05, 0) is 26.7 Å². The van der Waals surface area contributed by atoms with Crippen molar-refractivity contribution >= 4 is 11.9 Å². The van der Waals surface area contributed by atoms with Crippen LogP contribution in [-0.4, -0.2) is 25.2 Å². The minimum Gasteiger partial charge on any atom is -0.465 e. The van der Waals surface area contributed by atoms with Crippen molar-refractivity contribution in [2.75, 3.05) is 13.2 Å². The number of hydrogen-bond donors (Lipinski definition) is 0. The van der Waals surface area contributed by atoms with Crippen molar-refractivity contribution in [2.24, 2.45) is 5.41 Å². The van der Waals surface area contributed by atoms with E-state index in [1.807, 2.05) is 0 Å². The quantitative estimate of drug-likeness (QED) is 0.555. The van der Waals surface area contributed by atoms with Crippen molar-refractivity contribution < 1.29 is 19.1 Å². The number of esters is 2. The molecule has 1 aliphatic carbocycles. The molecule has 1 rings (SSSR count). The molecule has 0 spiro atoms. The highest BCUT2D eigenvalue weighted by molar-refractivity contribution is 6.02. The Kier molecular flexibility index (Phi) is 4.10. The lowest BCUT2D eigenvalue weighted by Crippen LogP contribution is -2.39. The second kappa shape index (κ2) is 5.17. The monoisotopic (exact) mass is 238 g/mol. The highest BCUT2D eigenvalue weighted by atomic mass is 16.6. The molecular weight excluding hydrogens is 220 g/mol. The minimum absolute atomic E-state index is 0.235. The van der Waals surface area contributed by atoms with Crippen molar-refractivity contribution in [2.45, 2.75) is 26.7 Å². The van der Waals surface area contributed by atoms with E-state index in [0.29, 0.717) is 11.1 Å². The molecule has 0 radical (unpaired) electrons. The minimum atomic E-state index is -1.26. The summed E-state index contributed by atoms with van der Waals surface area (Å²) < 4.78 is 9.94. The normalized spacial score (nSPS) is 18.0. The molecule has 1 saturated carbocycles. The molecule has 4 heteroatoms. The highest BCUT2D eigenvalue weighted by Gasteiger charge is 2.53. The second-order valence-corrected chi connectivity index (χ2v) is 4.08. The van der Waals surface area contributed by atoms with E-state index in [4.69, 9.17) is 9.47 Å². The van der Waals surface area contributed by atoms with Gasteiger partial charge in [-0.1, -0.05) is 24.3 Å². The average Bonchev–Trinajstić information content (AvgIpc) is 2.57. The van der Waals surface area contributed by atoms with Crippen molar-refractivity contribution in [3.05, 3.63) is 24.3 Å². The molecule has 4 nitrogen and oxygen atoms in total. The first-order valence-corrected chi connectivity index (χ1v) is 5.68. The van der Waals surface area contributed by atoms with Crippen LogP contribution in [-0.2, 0) is 19.1 Å². The zero-order valence-corrected chi connectivity index (χ0v) is 10.4. The zero-order valence-electron chi connectivity index (χ0n) is 10.4. The van der Waals surface area contributed by atoms with Crippen molar-refractivity contribution in [1.82, 2.24) is 0 Å². The SMILES string of the molecule is C=C1CC(C(=O)OCC)(C(=O)OCC)CC1=C. The Labute approximate surface area is 101 Å². The van der Waals surface area contributed by atoms with Gasteiger partial charge in [0.2, 0.25) is 0 Å². The molecule has 0 aromatic rings. The Morgan fingerprint density at radius 2 is 1.41 bits per heavy atom. The van der Waals surface area contributed by atoms with Gasteiger partial charge in [0.05, 0.1) is 13.2 Å². The summed E-state index contributed by atoms with van der Waals surface area (Å²) in [7, 11) is 0. The lowest BCUT2D eigenvalue weighted by Gasteiger charge is -2.23. The number of ether oxygens (including phenoxy) is 2. The molecule has 1 fully saturated rings. The van der Waals surface area contributed by atoms with Gasteiger partial charge in [0, 0.05) is 0 Å². The van der Waals surface area contributed by atoms with Gasteiger partial charge < -0.3 is 9.47 Å². The van der Waals surface area contributed by atoms with E-state index >= 15 is 0 Å². The summed E-state index contributed by atoms with van der Waals surface area (Å²) in [4.78, 5) is 23.9. The molecule has 0 bridgehead atoms. The Morgan fingerprint density at radius 3 is 1.71 bits per heavy atom. The summed E-state index contributed by atoms with van der Waals surface area (Å²) in [5.41, 5.74) is 0.164. The van der Waals surface area contributed by atoms with Crippen LogP contribution < -0.4 is 0 Å². The first-order valence-electron chi connectivity index (χ1n) is 5.68. The molecule has 0 N–H and O–H groups in total. The van der Waals surface area contributed by atoms with Crippen molar-refractivity contribution in [3.63, 3.8) is 0 Å². The predicted octanol–water partition coefficient (Wildman–Crippen LogP) is 2.01. The molecule has 0 saturated heterocycles. The van der Waals surface area contributed by atoms with Gasteiger partial charge in [0.15, 0.2) is 5.41 Å². The molecule has 17 heavy (non-hydrogen) atoms. The summed E-state index contributed by atoms with van der Waals surface area (Å²) in [5, 5.41) is 0. The molecule has 1 aliphatic rings. The van der Waals surface area contributed by atoms with E-state index in [0.717, 1.165) is 0 Å². The van der Waals surface area contributed by atoms with Crippen molar-refractivity contribution in [1.29, 1.82) is 0 Å². The van der Waals surface area contributed by atoms with E-state index < -0.39 is 17.4 Å². The third-order valence-electron chi connectivity index (χ3n) is 2.86. The molecule has 0 amide bonds. The van der Waals surface area contributed by atoms with Gasteiger partial charge in [0.25, 0.3) is 0 Å². The lowest BCUT2D eigenvalue weighted by atomic mass is 9.86. The molecule has 0 heterocycles. The number of allylic oxidation sites excluding steroid dienone is 2. The fourth-order valence-electron chi connectivity index (χ4n) is 1.95. The smallest absolute Gasteiger partial charge is 0.324 e. The van der Waals surface area contributed by atoms with Gasteiger partial charge in [-0.15, -0.1) is 0 Å². The molecule has 0 aliphatic heterocycles. The summed E-state index contributed by atoms with van der Waals surface area (Å²) >= 11 is 0. The fraction of sp³-hybridized carbons (Fsp3) is 0.538. The summed E-state index contributed by atoms with van der Waals surface area (Å²) in [6.45, 7) is 11.5. The molecule has 94 valence electrons. The van der Waals surface area contributed by atoms with Crippen LogP contribution in [0.2, 0.25) is 0 Å². The van der Waals surface area contributed by atoms with E-state index in [9.17, 15) is 9.59 Å². The van der Waals surface area contributed by atoms with Gasteiger partial charge in [-0.3, -0.25) is 9.59 Å². The molecular formula is C13H18O4. The van der Waals surface area contributed by atoms with Crippen LogP contribution in [0.25, 0.3) is 0 Å². The Hall–Kier alpha value is -1.58. The van der Waals surface area contributed by atoms with Gasteiger partial charge in [-0.25, -0.2) is 0 Å². The Bertz CT molecular complexity index is 332. The van der Waals surface area contributed by atoms with Crippen LogP contribution in [0, 0.1) is 5.41 Å².